The highest BCUT2D eigenvalue weighted by Crippen LogP contribution is 2.21. The first-order chi connectivity index (χ1) is 9.60. The van der Waals surface area contributed by atoms with Gasteiger partial charge in [-0.05, 0) is 24.5 Å². The molecule has 5 heteroatoms. The Hall–Kier alpha value is -2.17. The van der Waals surface area contributed by atoms with E-state index in [1.807, 2.05) is 25.1 Å². The van der Waals surface area contributed by atoms with Crippen LogP contribution in [0.3, 0.4) is 0 Å². The maximum atomic E-state index is 12.0. The fourth-order valence-corrected chi connectivity index (χ4v) is 2.06. The number of carbonyl (C=O) groups is 1. The third kappa shape index (κ3) is 3.44. The zero-order valence-corrected chi connectivity index (χ0v) is 12.1. The maximum Gasteiger partial charge on any atom is 0.224 e. The molecule has 0 aliphatic carbocycles. The number of hydrogen-bond donors (Lipinski definition) is 1. The lowest BCUT2D eigenvalue weighted by Gasteiger charge is -2.12. The first-order valence-corrected chi connectivity index (χ1v) is 6.77. The average molecular weight is 273 g/mol. The van der Waals surface area contributed by atoms with Gasteiger partial charge in [-0.15, -0.1) is 10.2 Å². The van der Waals surface area contributed by atoms with Crippen LogP contribution in [0.4, 0.5) is 5.69 Å². The summed E-state index contributed by atoms with van der Waals surface area (Å²) in [7, 11) is 0. The lowest BCUT2D eigenvalue weighted by Crippen LogP contribution is -2.14. The number of hydrogen-bond acceptors (Lipinski definition) is 4. The van der Waals surface area contributed by atoms with Gasteiger partial charge in [0.1, 0.15) is 0 Å². The van der Waals surface area contributed by atoms with Crippen molar-refractivity contribution >= 4 is 11.6 Å². The SMILES string of the molecule is CCc1cccc(C)c1NC(=O)CCc1nnc(C)o1. The minimum Gasteiger partial charge on any atom is -0.426 e. The van der Waals surface area contributed by atoms with Crippen LogP contribution in [0, 0.1) is 13.8 Å². The first-order valence-electron chi connectivity index (χ1n) is 6.77. The summed E-state index contributed by atoms with van der Waals surface area (Å²) in [5, 5.41) is 10.6. The molecule has 2 rings (SSSR count). The summed E-state index contributed by atoms with van der Waals surface area (Å²) >= 11 is 0. The molecule has 1 aromatic heterocycles. The van der Waals surface area contributed by atoms with Crippen molar-refractivity contribution in [2.75, 3.05) is 5.32 Å². The number of amides is 1. The van der Waals surface area contributed by atoms with E-state index in [0.29, 0.717) is 24.6 Å². The van der Waals surface area contributed by atoms with Gasteiger partial charge in [-0.25, -0.2) is 0 Å². The van der Waals surface area contributed by atoms with Gasteiger partial charge in [0.15, 0.2) is 0 Å². The molecule has 0 unspecified atom stereocenters. The predicted molar refractivity (Wildman–Crippen MR) is 76.5 cm³/mol. The van der Waals surface area contributed by atoms with Gasteiger partial charge < -0.3 is 9.73 Å². The number of anilines is 1. The van der Waals surface area contributed by atoms with E-state index in [9.17, 15) is 4.79 Å². The van der Waals surface area contributed by atoms with Gasteiger partial charge in [0, 0.05) is 25.5 Å². The lowest BCUT2D eigenvalue weighted by molar-refractivity contribution is -0.116. The predicted octanol–water partition coefficient (Wildman–Crippen LogP) is 2.82. The molecule has 0 atom stereocenters. The summed E-state index contributed by atoms with van der Waals surface area (Å²) < 4.78 is 5.25. The van der Waals surface area contributed by atoms with Gasteiger partial charge >= 0.3 is 0 Å². The Kier molecular flexibility index (Phi) is 4.50. The standard InChI is InChI=1S/C15H19N3O2/c1-4-12-7-5-6-10(2)15(12)16-13(19)8-9-14-18-17-11(3)20-14/h5-7H,4,8-9H2,1-3H3,(H,16,19). The van der Waals surface area contributed by atoms with Crippen molar-refractivity contribution in [2.24, 2.45) is 0 Å². The molecule has 0 aliphatic rings. The second kappa shape index (κ2) is 6.32. The minimum absolute atomic E-state index is 0.0372. The number of carbonyl (C=O) groups excluding carboxylic acids is 1. The molecule has 0 fully saturated rings. The van der Waals surface area contributed by atoms with Gasteiger partial charge in [-0.2, -0.15) is 0 Å². The van der Waals surface area contributed by atoms with Crippen LogP contribution >= 0.6 is 0 Å². The van der Waals surface area contributed by atoms with E-state index in [4.69, 9.17) is 4.42 Å². The highest BCUT2D eigenvalue weighted by molar-refractivity contribution is 5.92. The van der Waals surface area contributed by atoms with Crippen LogP contribution in [0.25, 0.3) is 0 Å². The molecular formula is C15H19N3O2. The van der Waals surface area contributed by atoms with E-state index in [2.05, 4.69) is 22.4 Å². The maximum absolute atomic E-state index is 12.0. The van der Waals surface area contributed by atoms with Crippen molar-refractivity contribution in [3.05, 3.63) is 41.1 Å². The third-order valence-electron chi connectivity index (χ3n) is 3.14. The number of nitrogens with one attached hydrogen (secondary N) is 1. The third-order valence-corrected chi connectivity index (χ3v) is 3.14. The van der Waals surface area contributed by atoms with Gasteiger partial charge in [-0.3, -0.25) is 4.79 Å². The lowest BCUT2D eigenvalue weighted by atomic mass is 10.1. The van der Waals surface area contributed by atoms with E-state index in [0.717, 1.165) is 23.2 Å². The summed E-state index contributed by atoms with van der Waals surface area (Å²) in [5.74, 6) is 0.982. The van der Waals surface area contributed by atoms with Crippen LogP contribution < -0.4 is 5.32 Å². The van der Waals surface area contributed by atoms with Crippen molar-refractivity contribution in [1.29, 1.82) is 0 Å². The molecular weight excluding hydrogens is 254 g/mol. The van der Waals surface area contributed by atoms with E-state index in [1.54, 1.807) is 6.92 Å². The second-order valence-corrected chi connectivity index (χ2v) is 4.73. The Labute approximate surface area is 118 Å². The Morgan fingerprint density at radius 1 is 1.30 bits per heavy atom. The van der Waals surface area contributed by atoms with Crippen molar-refractivity contribution in [3.63, 3.8) is 0 Å². The molecule has 20 heavy (non-hydrogen) atoms. The zero-order valence-electron chi connectivity index (χ0n) is 12.1. The molecule has 0 saturated carbocycles. The monoisotopic (exact) mass is 273 g/mol. The Bertz CT molecular complexity index is 605. The molecule has 0 saturated heterocycles. The van der Waals surface area contributed by atoms with Crippen LogP contribution in [-0.2, 0) is 17.6 Å². The molecule has 5 nitrogen and oxygen atoms in total. The van der Waals surface area contributed by atoms with Gasteiger partial charge in [-0.1, -0.05) is 25.1 Å². The van der Waals surface area contributed by atoms with Crippen molar-refractivity contribution in [1.82, 2.24) is 10.2 Å². The second-order valence-electron chi connectivity index (χ2n) is 4.73. The molecule has 1 amide bonds. The molecule has 1 heterocycles. The van der Waals surface area contributed by atoms with Crippen LogP contribution in [-0.4, -0.2) is 16.1 Å². The number of rotatable bonds is 5. The highest BCUT2D eigenvalue weighted by Gasteiger charge is 2.10. The van der Waals surface area contributed by atoms with Crippen LogP contribution in [0.15, 0.2) is 22.6 Å². The van der Waals surface area contributed by atoms with E-state index >= 15 is 0 Å². The molecule has 1 N–H and O–H groups in total. The largest absolute Gasteiger partial charge is 0.426 e. The number of aryl methyl sites for hydroxylation is 4. The molecule has 0 aliphatic heterocycles. The normalized spacial score (nSPS) is 10.6. The van der Waals surface area contributed by atoms with Crippen LogP contribution in [0.5, 0.6) is 0 Å². The zero-order chi connectivity index (χ0) is 14.5. The first kappa shape index (κ1) is 14.2. The Morgan fingerprint density at radius 3 is 2.75 bits per heavy atom. The summed E-state index contributed by atoms with van der Waals surface area (Å²) in [6, 6.07) is 6.03. The molecule has 106 valence electrons. The number of para-hydroxylation sites is 1. The summed E-state index contributed by atoms with van der Waals surface area (Å²) in [4.78, 5) is 12.0. The topological polar surface area (TPSA) is 68.0 Å². The molecule has 0 spiro atoms. The van der Waals surface area contributed by atoms with Gasteiger partial charge in [0.2, 0.25) is 17.7 Å². The van der Waals surface area contributed by atoms with Gasteiger partial charge in [0.05, 0.1) is 0 Å². The number of aromatic nitrogens is 2. The van der Waals surface area contributed by atoms with E-state index in [1.165, 1.54) is 0 Å². The summed E-state index contributed by atoms with van der Waals surface area (Å²) in [6.07, 6.45) is 1.68. The smallest absolute Gasteiger partial charge is 0.224 e. The van der Waals surface area contributed by atoms with Crippen molar-refractivity contribution in [3.8, 4) is 0 Å². The molecule has 2 aromatic rings. The van der Waals surface area contributed by atoms with E-state index in [-0.39, 0.29) is 5.91 Å². The molecule has 1 aromatic carbocycles. The highest BCUT2D eigenvalue weighted by atomic mass is 16.4. The fourth-order valence-electron chi connectivity index (χ4n) is 2.06. The van der Waals surface area contributed by atoms with Gasteiger partial charge in [0.25, 0.3) is 0 Å². The average Bonchev–Trinajstić information content (AvgIpc) is 2.84. The minimum atomic E-state index is -0.0372. The number of nitrogens with zero attached hydrogens (tertiary/aromatic N) is 2. The molecule has 0 radical (unpaired) electrons. The fraction of sp³-hybridized carbons (Fsp3) is 0.400. The molecule has 0 bridgehead atoms. The quantitative estimate of drug-likeness (QED) is 0.909. The van der Waals surface area contributed by atoms with Crippen LogP contribution in [0.1, 0.15) is 36.3 Å². The van der Waals surface area contributed by atoms with Crippen molar-refractivity contribution < 1.29 is 9.21 Å². The Balaban J connectivity index is 1.98. The number of benzene rings is 1. The summed E-state index contributed by atoms with van der Waals surface area (Å²) in [6.45, 7) is 5.80. The van der Waals surface area contributed by atoms with Crippen LogP contribution in [0.2, 0.25) is 0 Å². The van der Waals surface area contributed by atoms with Crippen molar-refractivity contribution in [2.45, 2.75) is 40.0 Å². The van der Waals surface area contributed by atoms with E-state index < -0.39 is 0 Å². The Morgan fingerprint density at radius 2 is 2.10 bits per heavy atom. The summed E-state index contributed by atoms with van der Waals surface area (Å²) in [5.41, 5.74) is 3.14.